The van der Waals surface area contributed by atoms with Gasteiger partial charge < -0.3 is 10.2 Å². The lowest BCUT2D eigenvalue weighted by Gasteiger charge is -2.27. The van der Waals surface area contributed by atoms with Gasteiger partial charge in [-0.25, -0.2) is 4.79 Å². The molecule has 152 valence electrons. The Morgan fingerprint density at radius 2 is 1.86 bits per heavy atom. The number of likely N-dealkylation sites (N-methyl/N-ethyl adjacent to an activating group) is 1. The van der Waals surface area contributed by atoms with E-state index < -0.39 is 11.6 Å². The molecule has 0 radical (unpaired) electrons. The molecule has 0 saturated carbocycles. The number of hydrogen-bond donors (Lipinski definition) is 1. The second-order valence-corrected chi connectivity index (χ2v) is 7.66. The van der Waals surface area contributed by atoms with Gasteiger partial charge in [0.05, 0.1) is 0 Å². The summed E-state index contributed by atoms with van der Waals surface area (Å²) >= 11 is 5.99. The van der Waals surface area contributed by atoms with Crippen LogP contribution in [0.1, 0.15) is 30.9 Å². The number of amides is 4. The smallest absolute Gasteiger partial charge is 0.325 e. The molecule has 0 unspecified atom stereocenters. The Hall–Kier alpha value is -2.86. The number of hydrogen-bond acceptors (Lipinski definition) is 3. The summed E-state index contributed by atoms with van der Waals surface area (Å²) in [5.41, 5.74) is 0.469. The summed E-state index contributed by atoms with van der Waals surface area (Å²) in [6.45, 7) is 1.98. The molecule has 29 heavy (non-hydrogen) atoms. The molecule has 4 amide bonds. The van der Waals surface area contributed by atoms with Crippen molar-refractivity contribution in [3.63, 3.8) is 0 Å². The van der Waals surface area contributed by atoms with Gasteiger partial charge in [-0.2, -0.15) is 0 Å². The molecular formula is C22H24ClN3O3. The van der Waals surface area contributed by atoms with Crippen LogP contribution < -0.4 is 5.32 Å². The highest BCUT2D eigenvalue weighted by molar-refractivity contribution is 6.30. The first-order chi connectivity index (χ1) is 13.9. The molecule has 1 fully saturated rings. The summed E-state index contributed by atoms with van der Waals surface area (Å²) in [4.78, 5) is 41.1. The summed E-state index contributed by atoms with van der Waals surface area (Å²) in [5.74, 6) is -0.714. The zero-order chi connectivity index (χ0) is 21.0. The van der Waals surface area contributed by atoms with E-state index in [-0.39, 0.29) is 18.4 Å². The molecule has 0 spiro atoms. The lowest BCUT2D eigenvalue weighted by Crippen LogP contribution is -2.45. The van der Waals surface area contributed by atoms with Crippen LogP contribution in [0.5, 0.6) is 0 Å². The van der Waals surface area contributed by atoms with Crippen LogP contribution in [0.2, 0.25) is 5.02 Å². The molecule has 1 saturated heterocycles. The highest BCUT2D eigenvalue weighted by atomic mass is 35.5. The van der Waals surface area contributed by atoms with E-state index in [1.807, 2.05) is 49.4 Å². The summed E-state index contributed by atoms with van der Waals surface area (Å²) in [6, 6.07) is 15.8. The van der Waals surface area contributed by atoms with E-state index in [1.54, 1.807) is 19.2 Å². The van der Waals surface area contributed by atoms with Crippen molar-refractivity contribution < 1.29 is 14.4 Å². The monoisotopic (exact) mass is 413 g/mol. The Kier molecular flexibility index (Phi) is 6.23. The number of carbonyl (C=O) groups excluding carboxylic acids is 3. The lowest BCUT2D eigenvalue weighted by atomic mass is 9.85. The number of rotatable bonds is 7. The Labute approximate surface area is 175 Å². The number of halogens is 1. The van der Waals surface area contributed by atoms with Crippen molar-refractivity contribution in [2.45, 2.75) is 31.8 Å². The third-order valence-electron chi connectivity index (χ3n) is 5.10. The van der Waals surface area contributed by atoms with Gasteiger partial charge in [-0.05, 0) is 29.7 Å². The molecule has 2 aromatic carbocycles. The van der Waals surface area contributed by atoms with Crippen LogP contribution >= 0.6 is 11.6 Å². The van der Waals surface area contributed by atoms with Crippen molar-refractivity contribution in [3.05, 3.63) is 70.7 Å². The molecular weight excluding hydrogens is 390 g/mol. The van der Waals surface area contributed by atoms with E-state index in [0.717, 1.165) is 16.0 Å². The average Bonchev–Trinajstić information content (AvgIpc) is 2.94. The van der Waals surface area contributed by atoms with Crippen molar-refractivity contribution in [2.75, 3.05) is 13.6 Å². The van der Waals surface area contributed by atoms with Gasteiger partial charge in [0.15, 0.2) is 0 Å². The van der Waals surface area contributed by atoms with Gasteiger partial charge in [0.1, 0.15) is 12.1 Å². The van der Waals surface area contributed by atoms with E-state index >= 15 is 0 Å². The second kappa shape index (κ2) is 8.66. The molecule has 0 bridgehead atoms. The number of urea groups is 1. The van der Waals surface area contributed by atoms with Crippen LogP contribution in [0.3, 0.4) is 0 Å². The number of nitrogens with one attached hydrogen (secondary N) is 1. The average molecular weight is 414 g/mol. The van der Waals surface area contributed by atoms with Crippen LogP contribution in [0.25, 0.3) is 0 Å². The molecule has 1 aliphatic rings. The Morgan fingerprint density at radius 3 is 2.52 bits per heavy atom. The molecule has 0 aromatic heterocycles. The summed E-state index contributed by atoms with van der Waals surface area (Å²) in [7, 11) is 1.64. The first kappa shape index (κ1) is 20.9. The highest BCUT2D eigenvalue weighted by Gasteiger charge is 2.52. The van der Waals surface area contributed by atoms with E-state index in [2.05, 4.69) is 5.32 Å². The number of carbonyl (C=O) groups is 3. The van der Waals surface area contributed by atoms with Gasteiger partial charge in [0, 0.05) is 18.6 Å². The van der Waals surface area contributed by atoms with Crippen LogP contribution in [0.15, 0.2) is 54.6 Å². The van der Waals surface area contributed by atoms with Crippen LogP contribution in [0, 0.1) is 0 Å². The maximum absolute atomic E-state index is 13.2. The largest absolute Gasteiger partial charge is 0.340 e. The summed E-state index contributed by atoms with van der Waals surface area (Å²) in [6.07, 6.45) is 1.17. The zero-order valence-corrected chi connectivity index (χ0v) is 17.3. The minimum Gasteiger partial charge on any atom is -0.340 e. The fourth-order valence-electron chi connectivity index (χ4n) is 3.63. The highest BCUT2D eigenvalue weighted by Crippen LogP contribution is 2.33. The van der Waals surface area contributed by atoms with E-state index in [4.69, 9.17) is 11.6 Å². The minimum atomic E-state index is -1.13. The van der Waals surface area contributed by atoms with Gasteiger partial charge in [-0.3, -0.25) is 14.5 Å². The van der Waals surface area contributed by atoms with Crippen molar-refractivity contribution >= 4 is 29.4 Å². The van der Waals surface area contributed by atoms with Gasteiger partial charge in [-0.1, -0.05) is 67.4 Å². The molecule has 2 aromatic rings. The molecule has 1 aliphatic heterocycles. The van der Waals surface area contributed by atoms with Crippen LogP contribution in [-0.2, 0) is 21.7 Å². The molecule has 6 nitrogen and oxygen atoms in total. The van der Waals surface area contributed by atoms with Crippen molar-refractivity contribution in [1.82, 2.24) is 15.1 Å². The molecule has 1 atom stereocenters. The van der Waals surface area contributed by atoms with Crippen molar-refractivity contribution in [3.8, 4) is 0 Å². The van der Waals surface area contributed by atoms with Crippen LogP contribution in [-0.4, -0.2) is 41.2 Å². The van der Waals surface area contributed by atoms with E-state index in [9.17, 15) is 14.4 Å². The first-order valence-corrected chi connectivity index (χ1v) is 9.93. The number of nitrogens with zero attached hydrogens (tertiary/aromatic N) is 2. The van der Waals surface area contributed by atoms with Gasteiger partial charge in [-0.15, -0.1) is 0 Å². The topological polar surface area (TPSA) is 69.7 Å². The van der Waals surface area contributed by atoms with Crippen molar-refractivity contribution in [1.29, 1.82) is 0 Å². The third kappa shape index (κ3) is 4.27. The predicted molar refractivity (Wildman–Crippen MR) is 111 cm³/mol. The maximum atomic E-state index is 13.2. The molecule has 3 rings (SSSR count). The van der Waals surface area contributed by atoms with Crippen molar-refractivity contribution in [2.24, 2.45) is 0 Å². The minimum absolute atomic E-state index is 0.306. The second-order valence-electron chi connectivity index (χ2n) is 7.22. The molecule has 1 heterocycles. The standard InChI is InChI=1S/C22H24ClN3O3/c1-3-12-22(17-9-5-4-6-10-17)20(28)26(21(29)24-22)15-19(27)25(2)14-16-8-7-11-18(23)13-16/h4-11,13H,3,12,14-15H2,1-2H3,(H,24,29)/t22-/m0/s1. The zero-order valence-electron chi connectivity index (χ0n) is 16.5. The Morgan fingerprint density at radius 1 is 1.14 bits per heavy atom. The Bertz CT molecular complexity index is 919. The fourth-order valence-corrected chi connectivity index (χ4v) is 3.84. The SMILES string of the molecule is CCC[C@@]1(c2ccccc2)NC(=O)N(CC(=O)N(C)Cc2cccc(Cl)c2)C1=O. The summed E-state index contributed by atoms with van der Waals surface area (Å²) in [5, 5.41) is 3.42. The van der Waals surface area contributed by atoms with Gasteiger partial charge in [0.25, 0.3) is 5.91 Å². The molecule has 0 aliphatic carbocycles. The predicted octanol–water partition coefficient (Wildman–Crippen LogP) is 3.55. The maximum Gasteiger partial charge on any atom is 0.325 e. The van der Waals surface area contributed by atoms with E-state index in [0.29, 0.717) is 24.4 Å². The quantitative estimate of drug-likeness (QED) is 0.706. The first-order valence-electron chi connectivity index (χ1n) is 9.55. The number of benzene rings is 2. The Balaban J connectivity index is 1.76. The molecule has 7 heteroatoms. The van der Waals surface area contributed by atoms with Crippen LogP contribution in [0.4, 0.5) is 4.79 Å². The molecule has 1 N–H and O–H groups in total. The number of imide groups is 1. The fraction of sp³-hybridized carbons (Fsp3) is 0.318. The summed E-state index contributed by atoms with van der Waals surface area (Å²) < 4.78 is 0. The normalized spacial score (nSPS) is 18.7. The third-order valence-corrected chi connectivity index (χ3v) is 5.33. The van der Waals surface area contributed by atoms with Gasteiger partial charge >= 0.3 is 6.03 Å². The van der Waals surface area contributed by atoms with Gasteiger partial charge in [0.2, 0.25) is 5.91 Å². The lowest BCUT2D eigenvalue weighted by molar-refractivity contribution is -0.139. The van der Waals surface area contributed by atoms with E-state index in [1.165, 1.54) is 4.90 Å².